The second-order valence-electron chi connectivity index (χ2n) is 8.50. The van der Waals surface area contributed by atoms with Crippen molar-refractivity contribution in [3.05, 3.63) is 63.1 Å². The molecule has 1 aliphatic carbocycles. The van der Waals surface area contributed by atoms with Crippen LogP contribution in [0.25, 0.3) is 0 Å². The number of fused-ring (bicyclic) bond motifs is 1. The smallest absolute Gasteiger partial charge is 0.278 e. The van der Waals surface area contributed by atoms with E-state index in [2.05, 4.69) is 5.32 Å². The van der Waals surface area contributed by atoms with Crippen molar-refractivity contribution in [1.82, 2.24) is 14.9 Å². The number of nitrogens with one attached hydrogen (secondary N) is 1. The molecule has 2 amide bonds. The van der Waals surface area contributed by atoms with Crippen molar-refractivity contribution in [2.45, 2.75) is 37.9 Å². The Morgan fingerprint density at radius 1 is 1.24 bits per heavy atom. The average molecular weight is 476 g/mol. The second-order valence-corrected chi connectivity index (χ2v) is 8.50. The predicted molar refractivity (Wildman–Crippen MR) is 118 cm³/mol. The highest BCUT2D eigenvalue weighted by molar-refractivity contribution is 5.99. The van der Waals surface area contributed by atoms with Crippen LogP contribution in [0.1, 0.15) is 52.1 Å². The van der Waals surface area contributed by atoms with Crippen molar-refractivity contribution in [2.24, 2.45) is 0 Å². The largest absolute Gasteiger partial charge is 0.502 e. The molecule has 4 rings (SSSR count). The standard InChI is InChI=1S/C23H26F2N4O5/c1-27-22(33)18-20(31)19(30)16(21(32)26-12-14-5-6-15(24)11-17(14)25)13-28(18)29(9-10-34-2)23(27)7-3-4-8-23/h5-6,11,13,31H,3-4,7-10,12H2,1-2H3,(H,26,32). The number of amides is 2. The van der Waals surface area contributed by atoms with E-state index in [1.807, 2.05) is 5.01 Å². The van der Waals surface area contributed by atoms with Gasteiger partial charge in [-0.15, -0.1) is 0 Å². The number of benzene rings is 1. The zero-order chi connectivity index (χ0) is 24.6. The van der Waals surface area contributed by atoms with Crippen LogP contribution >= 0.6 is 0 Å². The minimum absolute atomic E-state index is 0.0282. The van der Waals surface area contributed by atoms with Crippen LogP contribution < -0.4 is 15.8 Å². The third-order valence-electron chi connectivity index (χ3n) is 6.65. The van der Waals surface area contributed by atoms with Gasteiger partial charge in [0.15, 0.2) is 11.4 Å². The molecule has 34 heavy (non-hydrogen) atoms. The van der Waals surface area contributed by atoms with Gasteiger partial charge >= 0.3 is 0 Å². The van der Waals surface area contributed by atoms with Crippen molar-refractivity contribution < 1.29 is 28.2 Å². The summed E-state index contributed by atoms with van der Waals surface area (Å²) in [6, 6.07) is 2.94. The molecule has 2 N–H and O–H groups in total. The first-order chi connectivity index (χ1) is 16.2. The number of hydrogen-bond donors (Lipinski definition) is 2. The minimum atomic E-state index is -1.01. The Morgan fingerprint density at radius 2 is 1.94 bits per heavy atom. The van der Waals surface area contributed by atoms with Gasteiger partial charge in [-0.1, -0.05) is 6.07 Å². The number of ether oxygens (including phenoxy) is 1. The van der Waals surface area contributed by atoms with E-state index in [1.165, 1.54) is 24.0 Å². The van der Waals surface area contributed by atoms with Gasteiger partial charge in [-0.3, -0.25) is 24.1 Å². The third kappa shape index (κ3) is 3.79. The maximum absolute atomic E-state index is 13.9. The molecule has 2 aromatic rings. The molecular formula is C23H26F2N4O5. The fraction of sp³-hybridized carbons (Fsp3) is 0.435. The summed E-state index contributed by atoms with van der Waals surface area (Å²) < 4.78 is 33.7. The van der Waals surface area contributed by atoms with Gasteiger partial charge in [0.1, 0.15) is 22.9 Å². The van der Waals surface area contributed by atoms with Crippen LogP contribution in [0.2, 0.25) is 0 Å². The Kier molecular flexibility index (Phi) is 6.30. The van der Waals surface area contributed by atoms with Crippen molar-refractivity contribution in [3.63, 3.8) is 0 Å². The van der Waals surface area contributed by atoms with E-state index in [4.69, 9.17) is 4.74 Å². The maximum Gasteiger partial charge on any atom is 0.278 e. The quantitative estimate of drug-likeness (QED) is 0.658. The predicted octanol–water partition coefficient (Wildman–Crippen LogP) is 1.70. The average Bonchev–Trinajstić information content (AvgIpc) is 3.29. The number of carbonyl (C=O) groups excluding carboxylic acids is 2. The molecule has 0 bridgehead atoms. The Bertz CT molecular complexity index is 1190. The Morgan fingerprint density at radius 3 is 2.59 bits per heavy atom. The first-order valence-corrected chi connectivity index (χ1v) is 11.0. The van der Waals surface area contributed by atoms with Crippen LogP contribution in [0.3, 0.4) is 0 Å². The summed E-state index contributed by atoms with van der Waals surface area (Å²) in [6.07, 6.45) is 4.36. The number of rotatable bonds is 6. The molecule has 0 radical (unpaired) electrons. The lowest BCUT2D eigenvalue weighted by Crippen LogP contribution is -2.69. The van der Waals surface area contributed by atoms with Gasteiger partial charge in [-0.05, 0) is 31.7 Å². The Balaban J connectivity index is 1.74. The molecule has 1 fully saturated rings. The number of halogens is 2. The van der Waals surface area contributed by atoms with Gasteiger partial charge in [0.05, 0.1) is 13.2 Å². The van der Waals surface area contributed by atoms with Crippen molar-refractivity contribution in [2.75, 3.05) is 32.3 Å². The van der Waals surface area contributed by atoms with E-state index >= 15 is 0 Å². The van der Waals surface area contributed by atoms with Crippen LogP contribution in [0.15, 0.2) is 29.2 Å². The lowest BCUT2D eigenvalue weighted by molar-refractivity contribution is 0.0347. The zero-order valence-corrected chi connectivity index (χ0v) is 18.9. The molecular weight excluding hydrogens is 450 g/mol. The van der Waals surface area contributed by atoms with Crippen molar-refractivity contribution >= 4 is 11.8 Å². The molecule has 11 heteroatoms. The summed E-state index contributed by atoms with van der Waals surface area (Å²) >= 11 is 0. The summed E-state index contributed by atoms with van der Waals surface area (Å²) in [7, 11) is 3.18. The first-order valence-electron chi connectivity index (χ1n) is 11.0. The first kappa shape index (κ1) is 23.7. The molecule has 1 saturated carbocycles. The summed E-state index contributed by atoms with van der Waals surface area (Å²) in [5.74, 6) is -3.82. The minimum Gasteiger partial charge on any atom is -0.502 e. The van der Waals surface area contributed by atoms with E-state index in [0.717, 1.165) is 18.9 Å². The van der Waals surface area contributed by atoms with Crippen LogP contribution in [-0.4, -0.2) is 59.5 Å². The highest BCUT2D eigenvalue weighted by atomic mass is 19.1. The van der Waals surface area contributed by atoms with Gasteiger partial charge in [0.2, 0.25) is 5.43 Å². The van der Waals surface area contributed by atoms with E-state index < -0.39 is 45.9 Å². The number of aromatic hydroxyl groups is 1. The number of carbonyl (C=O) groups is 2. The summed E-state index contributed by atoms with van der Waals surface area (Å²) in [5.41, 5.74) is -2.31. The molecule has 182 valence electrons. The monoisotopic (exact) mass is 476 g/mol. The molecule has 0 saturated heterocycles. The van der Waals surface area contributed by atoms with Crippen LogP contribution in [0, 0.1) is 11.6 Å². The second kappa shape index (κ2) is 9.05. The molecule has 2 heterocycles. The third-order valence-corrected chi connectivity index (χ3v) is 6.65. The number of nitrogens with zero attached hydrogens (tertiary/aromatic N) is 3. The molecule has 1 aromatic heterocycles. The van der Waals surface area contributed by atoms with E-state index in [9.17, 15) is 28.3 Å². The normalized spacial score (nSPS) is 16.8. The molecule has 1 aliphatic heterocycles. The van der Waals surface area contributed by atoms with Crippen LogP contribution in [-0.2, 0) is 11.3 Å². The fourth-order valence-corrected chi connectivity index (χ4v) is 4.83. The molecule has 0 atom stereocenters. The molecule has 9 nitrogen and oxygen atoms in total. The lowest BCUT2D eigenvalue weighted by Gasteiger charge is -2.53. The SMILES string of the molecule is COCCN1n2cc(C(=O)NCc3ccc(F)cc3F)c(=O)c(O)c2C(=O)N(C)C12CCCC2. The van der Waals surface area contributed by atoms with Gasteiger partial charge in [-0.25, -0.2) is 8.78 Å². The maximum atomic E-state index is 13.9. The van der Waals surface area contributed by atoms with E-state index in [0.29, 0.717) is 32.1 Å². The summed E-state index contributed by atoms with van der Waals surface area (Å²) in [6.45, 7) is 0.346. The molecule has 1 spiro atoms. The fourth-order valence-electron chi connectivity index (χ4n) is 4.83. The molecule has 1 aromatic carbocycles. The highest BCUT2D eigenvalue weighted by Crippen LogP contribution is 2.41. The van der Waals surface area contributed by atoms with Gasteiger partial charge in [0.25, 0.3) is 11.8 Å². The van der Waals surface area contributed by atoms with Gasteiger partial charge in [-0.2, -0.15) is 0 Å². The van der Waals surface area contributed by atoms with Crippen molar-refractivity contribution in [3.8, 4) is 5.75 Å². The molecule has 2 aliphatic rings. The number of aromatic nitrogens is 1. The van der Waals surface area contributed by atoms with Crippen LogP contribution in [0.5, 0.6) is 5.75 Å². The Hall–Kier alpha value is -3.47. The Labute approximate surface area is 194 Å². The number of hydrogen-bond acceptors (Lipinski definition) is 6. The van der Waals surface area contributed by atoms with Crippen LogP contribution in [0.4, 0.5) is 8.78 Å². The van der Waals surface area contributed by atoms with E-state index in [1.54, 1.807) is 11.9 Å². The van der Waals surface area contributed by atoms with Crippen molar-refractivity contribution in [1.29, 1.82) is 0 Å². The topological polar surface area (TPSA) is 104 Å². The molecule has 0 unspecified atom stereocenters. The number of methoxy groups -OCH3 is 1. The number of pyridine rings is 1. The van der Waals surface area contributed by atoms with Gasteiger partial charge < -0.3 is 20.1 Å². The lowest BCUT2D eigenvalue weighted by atomic mass is 10.0. The summed E-state index contributed by atoms with van der Waals surface area (Å²) in [5, 5.41) is 14.9. The summed E-state index contributed by atoms with van der Waals surface area (Å²) in [4.78, 5) is 40.4. The highest BCUT2D eigenvalue weighted by Gasteiger charge is 2.51. The zero-order valence-electron chi connectivity index (χ0n) is 18.9. The van der Waals surface area contributed by atoms with E-state index in [-0.39, 0.29) is 17.8 Å². The van der Waals surface area contributed by atoms with Gasteiger partial charge in [0, 0.05) is 38.5 Å².